The van der Waals surface area contributed by atoms with E-state index in [1.165, 1.54) is 0 Å². The zero-order chi connectivity index (χ0) is 22.2. The Hall–Kier alpha value is -0.870. The predicted octanol–water partition coefficient (Wildman–Crippen LogP) is 1.67. The maximum absolute atomic E-state index is 12.3. The molecule has 0 unspecified atom stereocenters. The SMILES string of the molecule is CC(C)S(=O)(=O)N1CC[C@@H](OCC[C@@H]2C[C@]2(N)C2CCN(C3=NC=C(Cl)CN3)CC2)C1. The molecule has 3 aliphatic heterocycles. The molecule has 176 valence electrons. The molecular weight excluding hydrogens is 438 g/mol. The molecular formula is C21H36ClN5O3S. The summed E-state index contributed by atoms with van der Waals surface area (Å²) in [7, 11) is -3.18. The Kier molecular flexibility index (Phi) is 6.89. The molecule has 4 rings (SSSR count). The Morgan fingerprint density at radius 1 is 1.32 bits per heavy atom. The topological polar surface area (TPSA) is 100 Å². The fraction of sp³-hybridized carbons (Fsp3) is 0.857. The molecule has 8 nitrogen and oxygen atoms in total. The first-order valence-electron chi connectivity index (χ1n) is 11.5. The van der Waals surface area contributed by atoms with Crippen LogP contribution in [-0.4, -0.2) is 79.8 Å². The van der Waals surface area contributed by atoms with Gasteiger partial charge in [-0.05, 0) is 57.8 Å². The second-order valence-electron chi connectivity index (χ2n) is 9.68. The maximum Gasteiger partial charge on any atom is 0.216 e. The average molecular weight is 474 g/mol. The molecule has 1 saturated carbocycles. The smallest absolute Gasteiger partial charge is 0.216 e. The molecule has 0 amide bonds. The molecule has 10 heteroatoms. The van der Waals surface area contributed by atoms with Crippen molar-refractivity contribution in [2.45, 2.75) is 62.8 Å². The number of nitrogens with two attached hydrogens (primary N) is 1. The summed E-state index contributed by atoms with van der Waals surface area (Å²) in [4.78, 5) is 6.70. The predicted molar refractivity (Wildman–Crippen MR) is 123 cm³/mol. The molecule has 31 heavy (non-hydrogen) atoms. The van der Waals surface area contributed by atoms with Gasteiger partial charge in [-0.3, -0.25) is 0 Å². The van der Waals surface area contributed by atoms with Gasteiger partial charge in [-0.2, -0.15) is 4.31 Å². The van der Waals surface area contributed by atoms with Crippen LogP contribution in [0.15, 0.2) is 16.2 Å². The summed E-state index contributed by atoms with van der Waals surface area (Å²) in [6.07, 6.45) is 6.70. The number of halogens is 1. The number of guanidine groups is 1. The third-order valence-electron chi connectivity index (χ3n) is 7.38. The fourth-order valence-electron chi connectivity index (χ4n) is 5.19. The van der Waals surface area contributed by atoms with E-state index in [4.69, 9.17) is 22.1 Å². The van der Waals surface area contributed by atoms with Gasteiger partial charge >= 0.3 is 0 Å². The van der Waals surface area contributed by atoms with Crippen LogP contribution >= 0.6 is 11.6 Å². The van der Waals surface area contributed by atoms with Gasteiger partial charge in [0.25, 0.3) is 0 Å². The minimum Gasteiger partial charge on any atom is -0.377 e. The Morgan fingerprint density at radius 2 is 2.06 bits per heavy atom. The molecule has 0 radical (unpaired) electrons. The van der Waals surface area contributed by atoms with Crippen LogP contribution in [0.1, 0.15) is 46.0 Å². The molecule has 0 aromatic rings. The summed E-state index contributed by atoms with van der Waals surface area (Å²) in [6.45, 7) is 7.74. The van der Waals surface area contributed by atoms with Gasteiger partial charge in [0, 0.05) is 44.5 Å². The van der Waals surface area contributed by atoms with E-state index < -0.39 is 10.0 Å². The highest BCUT2D eigenvalue weighted by molar-refractivity contribution is 7.89. The van der Waals surface area contributed by atoms with Gasteiger partial charge in [0.1, 0.15) is 0 Å². The van der Waals surface area contributed by atoms with Crippen LogP contribution in [0.3, 0.4) is 0 Å². The molecule has 0 spiro atoms. The monoisotopic (exact) mass is 473 g/mol. The summed E-state index contributed by atoms with van der Waals surface area (Å²) in [5.74, 6) is 1.96. The number of piperidine rings is 1. The lowest BCUT2D eigenvalue weighted by molar-refractivity contribution is 0.0573. The number of aliphatic imine (C=N–C) groups is 1. The van der Waals surface area contributed by atoms with Crippen LogP contribution in [0.25, 0.3) is 0 Å². The molecule has 3 fully saturated rings. The van der Waals surface area contributed by atoms with Crippen molar-refractivity contribution in [2.24, 2.45) is 22.6 Å². The number of hydrogen-bond acceptors (Lipinski definition) is 7. The number of ether oxygens (including phenoxy) is 1. The number of hydrogen-bond donors (Lipinski definition) is 2. The van der Waals surface area contributed by atoms with Crippen LogP contribution < -0.4 is 11.1 Å². The number of nitrogens with zero attached hydrogens (tertiary/aromatic N) is 3. The molecule has 1 aliphatic carbocycles. The number of likely N-dealkylation sites (tertiary alicyclic amines) is 1. The Bertz CT molecular complexity index is 825. The second kappa shape index (κ2) is 9.17. The van der Waals surface area contributed by atoms with Crippen LogP contribution in [0, 0.1) is 11.8 Å². The first-order valence-corrected chi connectivity index (χ1v) is 13.4. The number of sulfonamides is 1. The van der Waals surface area contributed by atoms with Crippen molar-refractivity contribution >= 4 is 27.6 Å². The van der Waals surface area contributed by atoms with Crippen LogP contribution in [0.5, 0.6) is 0 Å². The van der Waals surface area contributed by atoms with Crippen LogP contribution in [0.4, 0.5) is 0 Å². The lowest BCUT2D eigenvalue weighted by atomic mass is 9.86. The zero-order valence-corrected chi connectivity index (χ0v) is 20.2. The van der Waals surface area contributed by atoms with Crippen molar-refractivity contribution in [1.29, 1.82) is 0 Å². The van der Waals surface area contributed by atoms with E-state index >= 15 is 0 Å². The number of nitrogens with one attached hydrogen (secondary N) is 1. The minimum absolute atomic E-state index is 0.00834. The quantitative estimate of drug-likeness (QED) is 0.583. The first-order chi connectivity index (χ1) is 14.7. The maximum atomic E-state index is 12.3. The van der Waals surface area contributed by atoms with E-state index in [9.17, 15) is 8.42 Å². The lowest BCUT2D eigenvalue weighted by Crippen LogP contribution is -2.50. The second-order valence-corrected chi connectivity index (χ2v) is 12.7. The summed E-state index contributed by atoms with van der Waals surface area (Å²) in [6, 6.07) is 0. The first kappa shape index (κ1) is 23.3. The van der Waals surface area contributed by atoms with Crippen LogP contribution in [0.2, 0.25) is 0 Å². The summed E-state index contributed by atoms with van der Waals surface area (Å²) in [5.41, 5.74) is 6.71. The Balaban J connectivity index is 1.17. The standard InChI is InChI=1S/C21H36ClN5O3S/c1-15(2)31(28,29)27-9-5-19(14-27)30-10-6-17-11-21(17,23)16-3-7-26(8-4-16)20-24-12-18(22)13-25-20/h12,15-17,19H,3-11,13-14,23H2,1-2H3,(H,24,25)/t17-,19-,21+/m1/s1. The van der Waals surface area contributed by atoms with Gasteiger partial charge < -0.3 is 20.7 Å². The third kappa shape index (κ3) is 5.05. The fourth-order valence-corrected chi connectivity index (χ4v) is 6.63. The van der Waals surface area contributed by atoms with Crippen molar-refractivity contribution < 1.29 is 13.2 Å². The van der Waals surface area contributed by atoms with Crippen LogP contribution in [-0.2, 0) is 14.8 Å². The van der Waals surface area contributed by atoms with Crippen molar-refractivity contribution in [3.63, 3.8) is 0 Å². The van der Waals surface area contributed by atoms with Crippen molar-refractivity contribution in [3.8, 4) is 0 Å². The van der Waals surface area contributed by atoms with Crippen molar-refractivity contribution in [1.82, 2.24) is 14.5 Å². The highest BCUT2D eigenvalue weighted by atomic mass is 35.5. The normalized spacial score (nSPS) is 32.7. The molecule has 3 N–H and O–H groups in total. The number of rotatable bonds is 7. The van der Waals surface area contributed by atoms with E-state index in [-0.39, 0.29) is 16.9 Å². The van der Waals surface area contributed by atoms with E-state index in [0.29, 0.717) is 38.1 Å². The van der Waals surface area contributed by atoms with Gasteiger partial charge in [-0.15, -0.1) is 0 Å². The Labute approximate surface area is 191 Å². The van der Waals surface area contributed by atoms with Gasteiger partial charge in [0.05, 0.1) is 22.9 Å². The highest BCUT2D eigenvalue weighted by Crippen LogP contribution is 2.52. The largest absolute Gasteiger partial charge is 0.377 e. The van der Waals surface area contributed by atoms with Gasteiger partial charge in [-0.1, -0.05) is 11.6 Å². The van der Waals surface area contributed by atoms with E-state index in [1.54, 1.807) is 24.4 Å². The van der Waals surface area contributed by atoms with Gasteiger partial charge in [0.2, 0.25) is 10.0 Å². The minimum atomic E-state index is -3.18. The van der Waals surface area contributed by atoms with Gasteiger partial charge in [0.15, 0.2) is 5.96 Å². The average Bonchev–Trinajstić information content (AvgIpc) is 3.18. The molecule has 3 heterocycles. The van der Waals surface area contributed by atoms with Crippen molar-refractivity contribution in [2.75, 3.05) is 39.3 Å². The molecule has 3 atom stereocenters. The van der Waals surface area contributed by atoms with E-state index in [1.807, 2.05) is 0 Å². The summed E-state index contributed by atoms with van der Waals surface area (Å²) in [5, 5.41) is 3.63. The summed E-state index contributed by atoms with van der Waals surface area (Å²) >= 11 is 5.97. The van der Waals surface area contributed by atoms with E-state index in [2.05, 4.69) is 15.2 Å². The molecule has 0 aromatic carbocycles. The molecule has 0 aromatic heterocycles. The Morgan fingerprint density at radius 3 is 2.71 bits per heavy atom. The molecule has 0 bridgehead atoms. The van der Waals surface area contributed by atoms with Crippen molar-refractivity contribution in [3.05, 3.63) is 11.2 Å². The lowest BCUT2D eigenvalue weighted by Gasteiger charge is -2.37. The third-order valence-corrected chi connectivity index (χ3v) is 9.85. The highest BCUT2D eigenvalue weighted by Gasteiger charge is 2.55. The van der Waals surface area contributed by atoms with E-state index in [0.717, 1.165) is 56.2 Å². The van der Waals surface area contributed by atoms with Gasteiger partial charge in [-0.25, -0.2) is 13.4 Å². The molecule has 4 aliphatic rings. The molecule has 2 saturated heterocycles. The zero-order valence-electron chi connectivity index (χ0n) is 18.6. The summed E-state index contributed by atoms with van der Waals surface area (Å²) < 4.78 is 32.2.